The first-order valence-electron chi connectivity index (χ1n) is 11.4. The van der Waals surface area contributed by atoms with Crippen LogP contribution in [0.2, 0.25) is 0 Å². The summed E-state index contributed by atoms with van der Waals surface area (Å²) in [5.74, 6) is 0.0139. The van der Waals surface area contributed by atoms with Gasteiger partial charge in [-0.2, -0.15) is 5.48 Å². The lowest BCUT2D eigenvalue weighted by Gasteiger charge is -2.39. The molecule has 3 N–H and O–H groups in total. The molecule has 1 amide bonds. The molecule has 0 spiro atoms. The number of carbonyl (C=O) groups is 2. The number of rotatable bonds is 5. The molecule has 10 heteroatoms. The molecule has 2 aliphatic rings. The summed E-state index contributed by atoms with van der Waals surface area (Å²) in [6.07, 6.45) is -0.364. The van der Waals surface area contributed by atoms with Gasteiger partial charge in [0.25, 0.3) is 0 Å². The average Bonchev–Trinajstić information content (AvgIpc) is 3.15. The molecule has 188 valence electrons. The van der Waals surface area contributed by atoms with Crippen molar-refractivity contribution in [2.75, 3.05) is 6.54 Å². The molecule has 0 saturated carbocycles. The Morgan fingerprint density at radius 1 is 1.09 bits per heavy atom. The number of fused-ring (bicyclic) bond motifs is 1. The molecular weight excluding hydrogens is 458 g/mol. The number of nitrogens with one attached hydrogen (secondary N) is 3. The van der Waals surface area contributed by atoms with Gasteiger partial charge in [-0.15, -0.1) is 0 Å². The van der Waals surface area contributed by atoms with E-state index in [1.807, 2.05) is 12.1 Å². The number of ether oxygens (including phenoxy) is 3. The second-order valence-corrected chi connectivity index (χ2v) is 11.1. The van der Waals surface area contributed by atoms with Gasteiger partial charge in [0.15, 0.2) is 5.11 Å². The van der Waals surface area contributed by atoms with Crippen LogP contribution in [0.1, 0.15) is 72.1 Å². The third-order valence-corrected chi connectivity index (χ3v) is 5.63. The fourth-order valence-corrected chi connectivity index (χ4v) is 3.96. The van der Waals surface area contributed by atoms with Crippen LogP contribution in [0.25, 0.3) is 0 Å². The Hall–Kier alpha value is -2.59. The third-order valence-electron chi connectivity index (χ3n) is 5.37. The first kappa shape index (κ1) is 26.0. The molecule has 34 heavy (non-hydrogen) atoms. The van der Waals surface area contributed by atoms with Gasteiger partial charge in [0.1, 0.15) is 23.1 Å². The second-order valence-electron chi connectivity index (χ2n) is 10.7. The first-order chi connectivity index (χ1) is 15.7. The highest BCUT2D eigenvalue weighted by molar-refractivity contribution is 7.80. The van der Waals surface area contributed by atoms with E-state index in [1.165, 1.54) is 0 Å². The molecule has 1 fully saturated rings. The van der Waals surface area contributed by atoms with Crippen molar-refractivity contribution in [3.63, 3.8) is 0 Å². The summed E-state index contributed by atoms with van der Waals surface area (Å²) in [6.45, 7) is 12.8. The van der Waals surface area contributed by atoms with Crippen molar-refractivity contribution in [3.05, 3.63) is 29.3 Å². The molecule has 9 nitrogen and oxygen atoms in total. The minimum absolute atomic E-state index is 0.101. The monoisotopic (exact) mass is 493 g/mol. The van der Waals surface area contributed by atoms with E-state index in [9.17, 15) is 9.59 Å². The minimum atomic E-state index is -1.61. The van der Waals surface area contributed by atoms with Gasteiger partial charge in [-0.05, 0) is 96.8 Å². The lowest BCUT2D eigenvalue weighted by Crippen LogP contribution is -2.58. The molecule has 3 atom stereocenters. The zero-order chi connectivity index (χ0) is 25.3. The molecule has 1 aromatic carbocycles. The Labute approximate surface area is 206 Å². The highest BCUT2D eigenvalue weighted by atomic mass is 32.1. The number of carbonyl (C=O) groups excluding carboxylic acids is 2. The molecule has 0 radical (unpaired) electrons. The van der Waals surface area contributed by atoms with E-state index in [-0.39, 0.29) is 6.04 Å². The van der Waals surface area contributed by atoms with Crippen LogP contribution in [0.3, 0.4) is 0 Å². The van der Waals surface area contributed by atoms with Crippen molar-refractivity contribution >= 4 is 29.4 Å². The van der Waals surface area contributed by atoms with Crippen molar-refractivity contribution in [1.29, 1.82) is 0 Å². The van der Waals surface area contributed by atoms with Crippen molar-refractivity contribution in [3.8, 4) is 5.75 Å². The second kappa shape index (κ2) is 9.58. The summed E-state index contributed by atoms with van der Waals surface area (Å²) in [5.41, 5.74) is 1.30. The van der Waals surface area contributed by atoms with Gasteiger partial charge in [0.2, 0.25) is 5.60 Å². The van der Waals surface area contributed by atoms with Crippen LogP contribution in [0.15, 0.2) is 18.2 Å². The van der Waals surface area contributed by atoms with Gasteiger partial charge >= 0.3 is 12.1 Å². The van der Waals surface area contributed by atoms with Crippen LogP contribution in [-0.4, -0.2) is 46.6 Å². The fourth-order valence-electron chi connectivity index (χ4n) is 3.73. The molecule has 0 bridgehead atoms. The number of esters is 1. The molecule has 0 unspecified atom stereocenters. The van der Waals surface area contributed by atoms with Crippen LogP contribution in [0, 0.1) is 0 Å². The van der Waals surface area contributed by atoms with E-state index in [4.69, 9.17) is 31.3 Å². The molecule has 1 saturated heterocycles. The smallest absolute Gasteiger partial charge is 0.431 e. The van der Waals surface area contributed by atoms with Gasteiger partial charge in [0.05, 0.1) is 6.04 Å². The van der Waals surface area contributed by atoms with Crippen LogP contribution < -0.4 is 20.9 Å². The van der Waals surface area contributed by atoms with Gasteiger partial charge < -0.3 is 24.8 Å². The van der Waals surface area contributed by atoms with Crippen LogP contribution >= 0.6 is 12.2 Å². The van der Waals surface area contributed by atoms with E-state index in [0.717, 1.165) is 17.7 Å². The normalized spacial score (nSPS) is 21.8. The van der Waals surface area contributed by atoms with Crippen LogP contribution in [-0.2, 0) is 25.5 Å². The SMILES string of the molecule is CC(C)(C)OC(=O)NO[C@](C)(C(=O)OC(C)(C)C)[C@H]1CCc2cc([C@H]3CNC(=S)N3)ccc2O1. The van der Waals surface area contributed by atoms with Crippen molar-refractivity contribution < 1.29 is 28.6 Å². The number of hydrogen-bond acceptors (Lipinski definition) is 7. The summed E-state index contributed by atoms with van der Waals surface area (Å²) in [6, 6.07) is 6.04. The maximum absolute atomic E-state index is 13.2. The van der Waals surface area contributed by atoms with Gasteiger partial charge in [-0.1, -0.05) is 6.07 Å². The number of benzene rings is 1. The maximum atomic E-state index is 13.2. The zero-order valence-corrected chi connectivity index (χ0v) is 21.7. The topological polar surface area (TPSA) is 107 Å². The van der Waals surface area contributed by atoms with E-state index >= 15 is 0 Å². The Morgan fingerprint density at radius 2 is 1.76 bits per heavy atom. The Balaban J connectivity index is 1.79. The minimum Gasteiger partial charge on any atom is -0.486 e. The summed E-state index contributed by atoms with van der Waals surface area (Å²) in [5, 5.41) is 7.00. The van der Waals surface area contributed by atoms with Gasteiger partial charge in [0, 0.05) is 6.54 Å². The largest absolute Gasteiger partial charge is 0.486 e. The Kier molecular flexibility index (Phi) is 7.33. The highest BCUT2D eigenvalue weighted by Gasteiger charge is 2.50. The summed E-state index contributed by atoms with van der Waals surface area (Å²) in [7, 11) is 0. The molecule has 0 aliphatic carbocycles. The molecule has 2 aliphatic heterocycles. The van der Waals surface area contributed by atoms with E-state index in [0.29, 0.717) is 23.7 Å². The van der Waals surface area contributed by atoms with Crippen molar-refractivity contribution in [1.82, 2.24) is 16.1 Å². The number of amides is 1. The third kappa shape index (κ3) is 6.50. The van der Waals surface area contributed by atoms with Crippen LogP contribution in [0.4, 0.5) is 4.79 Å². The van der Waals surface area contributed by atoms with Gasteiger partial charge in [-0.3, -0.25) is 0 Å². The van der Waals surface area contributed by atoms with Gasteiger partial charge in [-0.25, -0.2) is 14.4 Å². The first-order valence-corrected chi connectivity index (χ1v) is 11.8. The summed E-state index contributed by atoms with van der Waals surface area (Å²) >= 11 is 5.16. The number of hydroxylamine groups is 1. The van der Waals surface area contributed by atoms with E-state index in [2.05, 4.69) is 22.2 Å². The standard InChI is InChI=1S/C24H35N3O6S/c1-22(2,3)31-19(28)24(7,33-27-21(29)32-23(4,5)6)18-11-9-15-12-14(8-10-17(15)30-18)16-13-25-20(34)26-16/h8,10,12,16,18H,9,11,13H2,1-7H3,(H,27,29)(H2,25,26,34)/t16-,18-,24+/m1/s1. The maximum Gasteiger partial charge on any atom is 0.431 e. The fraction of sp³-hybridized carbons (Fsp3) is 0.625. The van der Waals surface area contributed by atoms with Crippen LogP contribution in [0.5, 0.6) is 5.75 Å². The molecular formula is C24H35N3O6S. The number of aryl methyl sites for hydroxylation is 1. The van der Waals surface area contributed by atoms with Crippen molar-refractivity contribution in [2.45, 2.75) is 90.3 Å². The van der Waals surface area contributed by atoms with E-state index < -0.39 is 35.0 Å². The lowest BCUT2D eigenvalue weighted by atomic mass is 9.89. The average molecular weight is 494 g/mol. The molecule has 0 aromatic heterocycles. The Bertz CT molecular complexity index is 955. The number of hydrogen-bond donors (Lipinski definition) is 3. The van der Waals surface area contributed by atoms with E-state index in [1.54, 1.807) is 48.5 Å². The summed E-state index contributed by atoms with van der Waals surface area (Å²) < 4.78 is 17.1. The van der Waals surface area contributed by atoms with Crippen molar-refractivity contribution in [2.24, 2.45) is 0 Å². The summed E-state index contributed by atoms with van der Waals surface area (Å²) in [4.78, 5) is 31.1. The zero-order valence-electron chi connectivity index (χ0n) is 20.9. The predicted molar refractivity (Wildman–Crippen MR) is 130 cm³/mol. The number of thiocarbonyl (C=S) groups is 1. The predicted octanol–water partition coefficient (Wildman–Crippen LogP) is 3.46. The lowest BCUT2D eigenvalue weighted by molar-refractivity contribution is -0.205. The quantitative estimate of drug-likeness (QED) is 0.323. The molecule has 2 heterocycles. The molecule has 3 rings (SSSR count). The highest BCUT2D eigenvalue weighted by Crippen LogP contribution is 2.36. The Morgan fingerprint density at radius 3 is 2.35 bits per heavy atom. The molecule has 1 aromatic rings.